The average Bonchev–Trinajstić information content (AvgIpc) is 2.60. The van der Waals surface area contributed by atoms with E-state index in [0.717, 1.165) is 23.9 Å². The Morgan fingerprint density at radius 1 is 1.30 bits per heavy atom. The summed E-state index contributed by atoms with van der Waals surface area (Å²) in [5.74, 6) is 1.57. The van der Waals surface area contributed by atoms with E-state index in [1.54, 1.807) is 0 Å². The molecule has 1 aromatic carbocycles. The number of ether oxygens (including phenoxy) is 2. The Labute approximate surface area is 138 Å². The van der Waals surface area contributed by atoms with Crippen molar-refractivity contribution in [2.75, 3.05) is 19.0 Å². The number of carbonyl (C=O) groups excluding carboxylic acids is 1. The third-order valence-electron chi connectivity index (χ3n) is 5.01. The largest absolute Gasteiger partial charge is 0.486 e. The highest BCUT2D eigenvalue weighted by atomic mass is 16.5. The molecular weight excluding hydrogens is 290 g/mol. The van der Waals surface area contributed by atoms with Crippen LogP contribution in [-0.2, 0) is 16.0 Å². The van der Waals surface area contributed by atoms with Crippen LogP contribution in [0.1, 0.15) is 50.5 Å². The minimum absolute atomic E-state index is 0.0331. The monoisotopic (exact) mass is 317 g/mol. The minimum Gasteiger partial charge on any atom is -0.486 e. The van der Waals surface area contributed by atoms with Gasteiger partial charge in [0.25, 0.3) is 0 Å². The van der Waals surface area contributed by atoms with E-state index in [1.165, 1.54) is 51.2 Å². The molecule has 1 N–H and O–H groups in total. The fraction of sp³-hybridized carbons (Fsp3) is 0.632. The molecule has 0 aromatic heterocycles. The summed E-state index contributed by atoms with van der Waals surface area (Å²) in [5, 5.41) is 3.45. The number of benzene rings is 1. The van der Waals surface area contributed by atoms with E-state index in [0.29, 0.717) is 12.8 Å². The van der Waals surface area contributed by atoms with Crippen LogP contribution in [-0.4, -0.2) is 25.7 Å². The number of esters is 1. The molecule has 1 aromatic rings. The number of hydrogen-bond acceptors (Lipinski definition) is 4. The van der Waals surface area contributed by atoms with Gasteiger partial charge in [-0.15, -0.1) is 0 Å². The fourth-order valence-corrected chi connectivity index (χ4v) is 3.66. The van der Waals surface area contributed by atoms with Crippen LogP contribution >= 0.6 is 0 Å². The van der Waals surface area contributed by atoms with Crippen molar-refractivity contribution < 1.29 is 14.3 Å². The van der Waals surface area contributed by atoms with Crippen LogP contribution < -0.4 is 10.1 Å². The summed E-state index contributed by atoms with van der Waals surface area (Å²) in [6, 6.07) is 6.50. The third kappa shape index (κ3) is 4.40. The molecule has 1 saturated carbocycles. The molecule has 2 aliphatic rings. The Morgan fingerprint density at radius 3 is 2.91 bits per heavy atom. The first-order valence-corrected chi connectivity index (χ1v) is 8.85. The van der Waals surface area contributed by atoms with E-state index in [1.807, 2.05) is 0 Å². The lowest BCUT2D eigenvalue weighted by Gasteiger charge is -2.28. The molecular formula is C19H27NO3. The van der Waals surface area contributed by atoms with Gasteiger partial charge in [0.2, 0.25) is 0 Å². The number of anilines is 1. The highest BCUT2D eigenvalue weighted by Crippen LogP contribution is 2.33. The summed E-state index contributed by atoms with van der Waals surface area (Å²) in [7, 11) is 1.42. The second-order valence-corrected chi connectivity index (χ2v) is 6.77. The molecule has 1 fully saturated rings. The predicted octanol–water partition coefficient (Wildman–Crippen LogP) is 3.94. The molecule has 1 atom stereocenters. The quantitative estimate of drug-likeness (QED) is 0.836. The standard InChI is InChI=1S/C19H27NO3/c1-22-19(21)10-8-16-13-20-17-12-15(7-9-18(17)23-16)11-14-5-3-2-4-6-14/h7,9,12,14,16,20H,2-6,8,10-11,13H2,1H3/t16-/m0/s1. The second kappa shape index (κ2) is 7.71. The van der Waals surface area contributed by atoms with Crippen molar-refractivity contribution >= 4 is 11.7 Å². The lowest BCUT2D eigenvalue weighted by Crippen LogP contribution is -2.31. The van der Waals surface area contributed by atoms with Gasteiger partial charge in [-0.25, -0.2) is 0 Å². The van der Waals surface area contributed by atoms with Crippen LogP contribution in [0, 0.1) is 5.92 Å². The Bertz CT molecular complexity index is 537. The van der Waals surface area contributed by atoms with Crippen molar-refractivity contribution in [3.63, 3.8) is 0 Å². The Morgan fingerprint density at radius 2 is 2.13 bits per heavy atom. The van der Waals surface area contributed by atoms with Crippen molar-refractivity contribution in [2.24, 2.45) is 5.92 Å². The summed E-state index contributed by atoms with van der Waals surface area (Å²) in [6.45, 7) is 0.747. The summed E-state index contributed by atoms with van der Waals surface area (Å²) in [5.41, 5.74) is 2.49. The van der Waals surface area contributed by atoms with Gasteiger partial charge in [0.15, 0.2) is 0 Å². The normalized spacial score (nSPS) is 21.0. The van der Waals surface area contributed by atoms with E-state index in [2.05, 4.69) is 28.3 Å². The van der Waals surface area contributed by atoms with E-state index < -0.39 is 0 Å². The maximum Gasteiger partial charge on any atom is 0.305 e. The van der Waals surface area contributed by atoms with Crippen LogP contribution in [0.4, 0.5) is 5.69 Å². The molecule has 23 heavy (non-hydrogen) atoms. The summed E-state index contributed by atoms with van der Waals surface area (Å²) >= 11 is 0. The summed E-state index contributed by atoms with van der Waals surface area (Å²) < 4.78 is 10.7. The highest BCUT2D eigenvalue weighted by molar-refractivity contribution is 5.69. The molecule has 0 unspecified atom stereocenters. The van der Waals surface area contributed by atoms with Gasteiger partial charge >= 0.3 is 5.97 Å². The number of nitrogens with one attached hydrogen (secondary N) is 1. The third-order valence-corrected chi connectivity index (χ3v) is 5.01. The second-order valence-electron chi connectivity index (χ2n) is 6.77. The topological polar surface area (TPSA) is 47.6 Å². The van der Waals surface area contributed by atoms with Gasteiger partial charge < -0.3 is 14.8 Å². The van der Waals surface area contributed by atoms with Gasteiger partial charge in [-0.3, -0.25) is 4.79 Å². The van der Waals surface area contributed by atoms with Crippen LogP contribution in [0.3, 0.4) is 0 Å². The minimum atomic E-state index is -0.178. The first-order valence-electron chi connectivity index (χ1n) is 8.85. The number of rotatable bonds is 5. The summed E-state index contributed by atoms with van der Waals surface area (Å²) in [6.07, 6.45) is 9.22. The van der Waals surface area contributed by atoms with Crippen LogP contribution in [0.25, 0.3) is 0 Å². The molecule has 0 amide bonds. The van der Waals surface area contributed by atoms with Gasteiger partial charge in [-0.1, -0.05) is 38.2 Å². The lowest BCUT2D eigenvalue weighted by atomic mass is 9.85. The van der Waals surface area contributed by atoms with Crippen LogP contribution in [0.5, 0.6) is 5.75 Å². The summed E-state index contributed by atoms with van der Waals surface area (Å²) in [4.78, 5) is 11.2. The molecule has 1 aliphatic carbocycles. The van der Waals surface area contributed by atoms with Crippen molar-refractivity contribution in [3.05, 3.63) is 23.8 Å². The first-order chi connectivity index (χ1) is 11.2. The molecule has 1 heterocycles. The van der Waals surface area contributed by atoms with Crippen molar-refractivity contribution in [3.8, 4) is 5.75 Å². The van der Waals surface area contributed by atoms with Crippen LogP contribution in [0.15, 0.2) is 18.2 Å². The van der Waals surface area contributed by atoms with Gasteiger partial charge in [0, 0.05) is 6.42 Å². The van der Waals surface area contributed by atoms with Gasteiger partial charge in [0.1, 0.15) is 11.9 Å². The average molecular weight is 317 g/mol. The van der Waals surface area contributed by atoms with Gasteiger partial charge in [0.05, 0.1) is 19.3 Å². The zero-order valence-corrected chi connectivity index (χ0v) is 14.0. The molecule has 0 saturated heterocycles. The molecule has 0 bridgehead atoms. The molecule has 126 valence electrons. The Balaban J connectivity index is 1.56. The maximum atomic E-state index is 11.2. The highest BCUT2D eigenvalue weighted by Gasteiger charge is 2.21. The van der Waals surface area contributed by atoms with E-state index >= 15 is 0 Å². The number of fused-ring (bicyclic) bond motifs is 1. The smallest absolute Gasteiger partial charge is 0.305 e. The zero-order valence-electron chi connectivity index (χ0n) is 14.0. The van der Waals surface area contributed by atoms with Crippen molar-refractivity contribution in [1.29, 1.82) is 0 Å². The SMILES string of the molecule is COC(=O)CC[C@H]1CNc2cc(CC3CCCCC3)ccc2O1. The van der Waals surface area contributed by atoms with Crippen molar-refractivity contribution in [2.45, 2.75) is 57.5 Å². The molecule has 3 rings (SSSR count). The van der Waals surface area contributed by atoms with E-state index in [9.17, 15) is 4.79 Å². The molecule has 0 radical (unpaired) electrons. The number of methoxy groups -OCH3 is 1. The van der Waals surface area contributed by atoms with E-state index in [-0.39, 0.29) is 12.1 Å². The van der Waals surface area contributed by atoms with Crippen molar-refractivity contribution in [1.82, 2.24) is 0 Å². The molecule has 4 nitrogen and oxygen atoms in total. The lowest BCUT2D eigenvalue weighted by molar-refractivity contribution is -0.141. The molecule has 1 aliphatic heterocycles. The fourth-order valence-electron chi connectivity index (χ4n) is 3.66. The first kappa shape index (κ1) is 16.2. The Hall–Kier alpha value is -1.71. The molecule has 0 spiro atoms. The number of hydrogen-bond donors (Lipinski definition) is 1. The van der Waals surface area contributed by atoms with Crippen LogP contribution in [0.2, 0.25) is 0 Å². The van der Waals surface area contributed by atoms with E-state index in [4.69, 9.17) is 4.74 Å². The van der Waals surface area contributed by atoms with Gasteiger partial charge in [-0.2, -0.15) is 0 Å². The predicted molar refractivity (Wildman–Crippen MR) is 90.9 cm³/mol. The number of carbonyl (C=O) groups is 1. The molecule has 4 heteroatoms. The Kier molecular flexibility index (Phi) is 5.42. The van der Waals surface area contributed by atoms with Gasteiger partial charge in [-0.05, 0) is 36.5 Å². The maximum absolute atomic E-state index is 11.2. The zero-order chi connectivity index (χ0) is 16.1.